The third-order valence-corrected chi connectivity index (χ3v) is 8.16. The molecule has 1 aromatic rings. The van der Waals surface area contributed by atoms with Crippen LogP contribution >= 0.6 is 0 Å². The van der Waals surface area contributed by atoms with Gasteiger partial charge in [0.05, 0.1) is 12.3 Å². The van der Waals surface area contributed by atoms with Gasteiger partial charge in [-0.1, -0.05) is 43.9 Å². The van der Waals surface area contributed by atoms with E-state index in [1.807, 2.05) is 0 Å². The second kappa shape index (κ2) is 7.04. The number of H-pyrrole nitrogens is 1. The molecule has 1 aromatic heterocycles. The first-order chi connectivity index (χ1) is 12.4. The molecule has 2 N–H and O–H groups in total. The predicted octanol–water partition coefficient (Wildman–Crippen LogP) is 5.10. The minimum absolute atomic E-state index is 0.508. The zero-order valence-electron chi connectivity index (χ0n) is 16.8. The van der Waals surface area contributed by atoms with Gasteiger partial charge in [-0.15, -0.1) is 0 Å². The molecular weight excluding hydrogens is 336 g/mol. The van der Waals surface area contributed by atoms with Crippen molar-refractivity contribution in [2.45, 2.75) is 57.9 Å². The zero-order valence-corrected chi connectivity index (χ0v) is 17.8. The minimum Gasteiger partial charge on any atom is -0.381 e. The molecule has 3 nitrogen and oxygen atoms in total. The minimum atomic E-state index is -1.02. The van der Waals surface area contributed by atoms with Crippen molar-refractivity contribution < 1.29 is 4.74 Å². The van der Waals surface area contributed by atoms with E-state index in [-0.39, 0.29) is 0 Å². The Morgan fingerprint density at radius 3 is 2.73 bits per heavy atom. The van der Waals surface area contributed by atoms with Gasteiger partial charge < -0.3 is 15.0 Å². The van der Waals surface area contributed by atoms with E-state index in [9.17, 15) is 0 Å². The summed E-state index contributed by atoms with van der Waals surface area (Å²) in [7, 11) is -1.02. The Morgan fingerprint density at radius 2 is 1.92 bits per heavy atom. The van der Waals surface area contributed by atoms with Gasteiger partial charge in [-0.05, 0) is 44.1 Å². The van der Waals surface area contributed by atoms with Crippen molar-refractivity contribution in [2.24, 2.45) is 17.8 Å². The molecule has 0 amide bonds. The van der Waals surface area contributed by atoms with E-state index in [0.29, 0.717) is 23.8 Å². The molecule has 4 heteroatoms. The molecule has 0 spiro atoms. The summed E-state index contributed by atoms with van der Waals surface area (Å²) in [6.45, 7) is 11.4. The van der Waals surface area contributed by atoms with Crippen molar-refractivity contribution in [1.29, 1.82) is 0 Å². The van der Waals surface area contributed by atoms with E-state index in [1.54, 1.807) is 0 Å². The third kappa shape index (κ3) is 3.72. The maximum atomic E-state index is 6.19. The SMILES string of the molecule is C[C@H]1Nc2c3[nH]c4c2/C=C\C=C/C(COCC[Si](C)(C)C)C(C4)CC1C3. The van der Waals surface area contributed by atoms with Crippen LogP contribution in [0.25, 0.3) is 6.08 Å². The molecule has 142 valence electrons. The molecule has 4 atom stereocenters. The summed E-state index contributed by atoms with van der Waals surface area (Å²) in [5.74, 6) is 1.88. The van der Waals surface area contributed by atoms with E-state index in [0.717, 1.165) is 19.6 Å². The molecule has 0 saturated carbocycles. The highest BCUT2D eigenvalue weighted by Crippen LogP contribution is 2.42. The molecule has 4 rings (SSSR count). The van der Waals surface area contributed by atoms with E-state index in [4.69, 9.17) is 4.74 Å². The number of fused-ring (bicyclic) bond motifs is 3. The van der Waals surface area contributed by atoms with E-state index < -0.39 is 8.07 Å². The predicted molar refractivity (Wildman–Crippen MR) is 114 cm³/mol. The van der Waals surface area contributed by atoms with Gasteiger partial charge in [0.25, 0.3) is 0 Å². The number of aromatic amines is 1. The van der Waals surface area contributed by atoms with Crippen molar-refractivity contribution in [1.82, 2.24) is 4.98 Å². The molecule has 3 unspecified atom stereocenters. The van der Waals surface area contributed by atoms with Crippen LogP contribution in [-0.4, -0.2) is 32.3 Å². The fourth-order valence-electron chi connectivity index (χ4n) is 4.73. The molecule has 0 saturated heterocycles. The number of ether oxygens (including phenoxy) is 1. The average molecular weight is 371 g/mol. The van der Waals surface area contributed by atoms with Crippen molar-refractivity contribution in [3.63, 3.8) is 0 Å². The average Bonchev–Trinajstić information content (AvgIpc) is 2.92. The Hall–Kier alpha value is -1.26. The largest absolute Gasteiger partial charge is 0.381 e. The van der Waals surface area contributed by atoms with Crippen LogP contribution in [0.5, 0.6) is 0 Å². The Morgan fingerprint density at radius 1 is 1.12 bits per heavy atom. The first-order valence-electron chi connectivity index (χ1n) is 10.3. The number of hydrogen-bond donors (Lipinski definition) is 2. The first kappa shape index (κ1) is 18.1. The molecule has 0 radical (unpaired) electrons. The van der Waals surface area contributed by atoms with Crippen molar-refractivity contribution in [3.8, 4) is 0 Å². The maximum Gasteiger partial charge on any atom is 0.0629 e. The fourth-order valence-corrected chi connectivity index (χ4v) is 5.48. The van der Waals surface area contributed by atoms with Gasteiger partial charge in [0, 0.05) is 43.6 Å². The Labute approximate surface area is 159 Å². The molecule has 0 fully saturated rings. The molecular formula is C22H34N2OSi. The number of aromatic nitrogens is 1. The Bertz CT molecular complexity index is 712. The van der Waals surface area contributed by atoms with Gasteiger partial charge >= 0.3 is 0 Å². The lowest BCUT2D eigenvalue weighted by Crippen LogP contribution is -2.36. The highest BCUT2D eigenvalue weighted by atomic mass is 28.3. The third-order valence-electron chi connectivity index (χ3n) is 6.46. The Kier molecular flexibility index (Phi) is 4.91. The number of rotatable bonds is 5. The van der Waals surface area contributed by atoms with E-state index >= 15 is 0 Å². The lowest BCUT2D eigenvalue weighted by molar-refractivity contribution is 0.0952. The van der Waals surface area contributed by atoms with Crippen LogP contribution in [0.3, 0.4) is 0 Å². The standard InChI is InChI=1S/C22H34N2OSi/c1-15-17-11-18-13-20-19(22(23-15)21(12-17)24-20)8-6-5-7-16(18)14-25-9-10-26(2,3)4/h5-8,15-18,23-24H,9-14H2,1-4H3/b7-5-,8-6-/t15-,16?,17?,18?/m1/s1. The molecule has 2 aliphatic heterocycles. The van der Waals surface area contributed by atoms with Gasteiger partial charge in [-0.25, -0.2) is 0 Å². The van der Waals surface area contributed by atoms with Gasteiger partial charge in [0.2, 0.25) is 0 Å². The second-order valence-electron chi connectivity index (χ2n) is 9.76. The number of hydrogen-bond acceptors (Lipinski definition) is 2. The number of anilines is 1. The van der Waals surface area contributed by atoms with Crippen LogP contribution in [-0.2, 0) is 17.6 Å². The van der Waals surface area contributed by atoms with Crippen LogP contribution in [0, 0.1) is 17.8 Å². The molecule has 4 bridgehead atoms. The van der Waals surface area contributed by atoms with Crippen LogP contribution in [0.2, 0.25) is 25.7 Å². The lowest BCUT2D eigenvalue weighted by atomic mass is 9.77. The smallest absolute Gasteiger partial charge is 0.0629 e. The fraction of sp³-hybridized carbons (Fsp3) is 0.636. The summed E-state index contributed by atoms with van der Waals surface area (Å²) in [4.78, 5) is 3.76. The molecule has 26 heavy (non-hydrogen) atoms. The van der Waals surface area contributed by atoms with Crippen LogP contribution in [0.1, 0.15) is 30.3 Å². The van der Waals surface area contributed by atoms with Crippen LogP contribution < -0.4 is 5.32 Å². The molecule has 3 heterocycles. The summed E-state index contributed by atoms with van der Waals surface area (Å²) < 4.78 is 6.19. The van der Waals surface area contributed by atoms with Gasteiger partial charge in [-0.2, -0.15) is 0 Å². The van der Waals surface area contributed by atoms with Crippen molar-refractivity contribution in [3.05, 3.63) is 35.2 Å². The molecule has 0 aromatic carbocycles. The highest BCUT2D eigenvalue weighted by Gasteiger charge is 2.36. The summed E-state index contributed by atoms with van der Waals surface area (Å²) in [6, 6.07) is 1.81. The zero-order chi connectivity index (χ0) is 18.3. The van der Waals surface area contributed by atoms with E-state index in [1.165, 1.54) is 41.5 Å². The molecule has 1 aliphatic carbocycles. The quantitative estimate of drug-likeness (QED) is 0.558. The topological polar surface area (TPSA) is 37.0 Å². The normalized spacial score (nSPS) is 32.2. The van der Waals surface area contributed by atoms with Crippen LogP contribution in [0.15, 0.2) is 18.2 Å². The monoisotopic (exact) mass is 370 g/mol. The van der Waals surface area contributed by atoms with Crippen molar-refractivity contribution >= 4 is 19.8 Å². The summed E-state index contributed by atoms with van der Waals surface area (Å²) in [6.07, 6.45) is 12.8. The highest BCUT2D eigenvalue weighted by molar-refractivity contribution is 6.76. The maximum absolute atomic E-state index is 6.19. The molecule has 3 aliphatic rings. The summed E-state index contributed by atoms with van der Waals surface area (Å²) >= 11 is 0. The summed E-state index contributed by atoms with van der Waals surface area (Å²) in [5.41, 5.74) is 5.60. The lowest BCUT2D eigenvalue weighted by Gasteiger charge is -2.35. The second-order valence-corrected chi connectivity index (χ2v) is 15.4. The summed E-state index contributed by atoms with van der Waals surface area (Å²) in [5, 5.41) is 3.79. The van der Waals surface area contributed by atoms with E-state index in [2.05, 4.69) is 61.2 Å². The van der Waals surface area contributed by atoms with Gasteiger partial charge in [0.1, 0.15) is 0 Å². The number of allylic oxidation sites excluding steroid dienone is 2. The van der Waals surface area contributed by atoms with Crippen LogP contribution in [0.4, 0.5) is 5.69 Å². The first-order valence-corrected chi connectivity index (χ1v) is 14.0. The Balaban J connectivity index is 1.55. The van der Waals surface area contributed by atoms with Crippen molar-refractivity contribution in [2.75, 3.05) is 18.5 Å². The van der Waals surface area contributed by atoms with Gasteiger partial charge in [0.15, 0.2) is 0 Å². The number of nitrogens with one attached hydrogen (secondary N) is 2. The van der Waals surface area contributed by atoms with Gasteiger partial charge in [-0.3, -0.25) is 0 Å².